The fourth-order valence-corrected chi connectivity index (χ4v) is 2.65. The van der Waals surface area contributed by atoms with E-state index in [-0.39, 0.29) is 11.9 Å². The first-order valence-corrected chi connectivity index (χ1v) is 7.85. The molecule has 0 aliphatic carbocycles. The van der Waals surface area contributed by atoms with Crippen molar-refractivity contribution >= 4 is 12.3 Å². The molecule has 2 rings (SSSR count). The summed E-state index contributed by atoms with van der Waals surface area (Å²) < 4.78 is 0. The minimum atomic E-state index is 0.151. The number of hydrogen-bond acceptors (Lipinski definition) is 3. The molecule has 0 unspecified atom stereocenters. The number of nitrogens with zero attached hydrogens (tertiary/aromatic N) is 3. The Balaban J connectivity index is 1.91. The molecular formula is C17H25N3O2. The van der Waals surface area contributed by atoms with Gasteiger partial charge in [-0.05, 0) is 19.4 Å². The molecule has 1 aliphatic heterocycles. The quantitative estimate of drug-likeness (QED) is 0.742. The van der Waals surface area contributed by atoms with Crippen LogP contribution < -0.4 is 0 Å². The van der Waals surface area contributed by atoms with Gasteiger partial charge in [0.15, 0.2) is 0 Å². The first-order valence-electron chi connectivity index (χ1n) is 7.85. The molecule has 1 aromatic carbocycles. The molecule has 0 aromatic heterocycles. The van der Waals surface area contributed by atoms with E-state index in [1.165, 1.54) is 0 Å². The second kappa shape index (κ2) is 7.94. The highest BCUT2D eigenvalue weighted by molar-refractivity contribution is 5.78. The number of hydrogen-bond donors (Lipinski definition) is 0. The summed E-state index contributed by atoms with van der Waals surface area (Å²) >= 11 is 0. The highest BCUT2D eigenvalue weighted by Crippen LogP contribution is 2.10. The standard InChI is InChI=1S/C17H25N3O2/c1-15(2)20(12-16-6-4-3-5-7-16)17(22)13-18-8-10-19(14-21)11-9-18/h3-7,14-15H,8-13H2,1-2H3. The van der Waals surface area contributed by atoms with Crippen molar-refractivity contribution in [1.82, 2.24) is 14.7 Å². The van der Waals surface area contributed by atoms with E-state index < -0.39 is 0 Å². The fourth-order valence-electron chi connectivity index (χ4n) is 2.65. The zero-order valence-corrected chi connectivity index (χ0v) is 13.4. The van der Waals surface area contributed by atoms with E-state index in [1.54, 1.807) is 4.90 Å². The first-order chi connectivity index (χ1) is 10.6. The van der Waals surface area contributed by atoms with Gasteiger partial charge in [0.25, 0.3) is 0 Å². The van der Waals surface area contributed by atoms with E-state index in [2.05, 4.69) is 4.90 Å². The molecule has 1 aromatic rings. The van der Waals surface area contributed by atoms with Gasteiger partial charge in [-0.15, -0.1) is 0 Å². The predicted octanol–water partition coefficient (Wildman–Crippen LogP) is 1.20. The maximum atomic E-state index is 12.6. The van der Waals surface area contributed by atoms with Gasteiger partial charge in [0.1, 0.15) is 0 Å². The predicted molar refractivity (Wildman–Crippen MR) is 86.2 cm³/mol. The number of piperazine rings is 1. The van der Waals surface area contributed by atoms with Crippen LogP contribution in [0, 0.1) is 0 Å². The Bertz CT molecular complexity index is 482. The summed E-state index contributed by atoms with van der Waals surface area (Å²) in [4.78, 5) is 29.1. The van der Waals surface area contributed by atoms with Crippen molar-refractivity contribution < 1.29 is 9.59 Å². The largest absolute Gasteiger partial charge is 0.343 e. The molecule has 22 heavy (non-hydrogen) atoms. The summed E-state index contributed by atoms with van der Waals surface area (Å²) in [5.74, 6) is 0.151. The normalized spacial score (nSPS) is 15.9. The van der Waals surface area contributed by atoms with Crippen LogP contribution in [-0.2, 0) is 16.1 Å². The van der Waals surface area contributed by atoms with Crippen LogP contribution in [0.3, 0.4) is 0 Å². The van der Waals surface area contributed by atoms with Gasteiger partial charge in [-0.3, -0.25) is 14.5 Å². The van der Waals surface area contributed by atoms with Crippen molar-refractivity contribution in [3.05, 3.63) is 35.9 Å². The van der Waals surface area contributed by atoms with Gasteiger partial charge in [-0.1, -0.05) is 30.3 Å². The number of amides is 2. The fraction of sp³-hybridized carbons (Fsp3) is 0.529. The minimum absolute atomic E-state index is 0.151. The molecule has 0 atom stereocenters. The van der Waals surface area contributed by atoms with Crippen LogP contribution in [0.5, 0.6) is 0 Å². The lowest BCUT2D eigenvalue weighted by molar-refractivity contribution is -0.135. The molecule has 0 spiro atoms. The number of benzene rings is 1. The second-order valence-corrected chi connectivity index (χ2v) is 6.02. The maximum absolute atomic E-state index is 12.6. The number of carbonyl (C=O) groups excluding carboxylic acids is 2. The third kappa shape index (κ3) is 4.56. The van der Waals surface area contributed by atoms with Crippen molar-refractivity contribution in [2.24, 2.45) is 0 Å². The maximum Gasteiger partial charge on any atom is 0.237 e. The molecule has 1 saturated heterocycles. The van der Waals surface area contributed by atoms with Gasteiger partial charge in [-0.2, -0.15) is 0 Å². The van der Waals surface area contributed by atoms with Crippen LogP contribution in [0.15, 0.2) is 30.3 Å². The summed E-state index contributed by atoms with van der Waals surface area (Å²) in [5, 5.41) is 0. The smallest absolute Gasteiger partial charge is 0.237 e. The molecule has 5 nitrogen and oxygen atoms in total. The van der Waals surface area contributed by atoms with E-state index in [9.17, 15) is 9.59 Å². The average molecular weight is 303 g/mol. The summed E-state index contributed by atoms with van der Waals surface area (Å²) in [6.45, 7) is 8.11. The molecule has 0 N–H and O–H groups in total. The van der Waals surface area contributed by atoms with Gasteiger partial charge >= 0.3 is 0 Å². The second-order valence-electron chi connectivity index (χ2n) is 6.02. The van der Waals surface area contributed by atoms with E-state index >= 15 is 0 Å². The Hall–Kier alpha value is -1.88. The summed E-state index contributed by atoms with van der Waals surface area (Å²) in [5.41, 5.74) is 1.15. The Kier molecular flexibility index (Phi) is 5.95. The van der Waals surface area contributed by atoms with Crippen LogP contribution >= 0.6 is 0 Å². The molecule has 1 aliphatic rings. The Morgan fingerprint density at radius 2 is 1.82 bits per heavy atom. The van der Waals surface area contributed by atoms with Crippen molar-refractivity contribution in [3.8, 4) is 0 Å². The average Bonchev–Trinajstić information content (AvgIpc) is 2.54. The SMILES string of the molecule is CC(C)N(Cc1ccccc1)C(=O)CN1CCN(C=O)CC1. The lowest BCUT2D eigenvalue weighted by Gasteiger charge is -2.34. The van der Waals surface area contributed by atoms with Crippen LogP contribution in [-0.4, -0.2) is 65.8 Å². The molecule has 120 valence electrons. The third-order valence-corrected chi connectivity index (χ3v) is 4.05. The van der Waals surface area contributed by atoms with Gasteiger partial charge in [-0.25, -0.2) is 0 Å². The molecule has 0 radical (unpaired) electrons. The lowest BCUT2D eigenvalue weighted by atomic mass is 10.2. The molecular weight excluding hydrogens is 278 g/mol. The molecule has 1 fully saturated rings. The zero-order valence-electron chi connectivity index (χ0n) is 13.4. The van der Waals surface area contributed by atoms with E-state index in [0.717, 1.165) is 25.1 Å². The van der Waals surface area contributed by atoms with Gasteiger partial charge < -0.3 is 9.80 Å². The molecule has 0 bridgehead atoms. The van der Waals surface area contributed by atoms with Gasteiger partial charge in [0.05, 0.1) is 6.54 Å². The topological polar surface area (TPSA) is 43.9 Å². The summed E-state index contributed by atoms with van der Waals surface area (Å²) in [7, 11) is 0. The monoisotopic (exact) mass is 303 g/mol. The van der Waals surface area contributed by atoms with Crippen LogP contribution in [0.4, 0.5) is 0 Å². The van der Waals surface area contributed by atoms with Crippen LogP contribution in [0.2, 0.25) is 0 Å². The van der Waals surface area contributed by atoms with E-state index in [4.69, 9.17) is 0 Å². The van der Waals surface area contributed by atoms with E-state index in [0.29, 0.717) is 26.2 Å². The molecule has 1 heterocycles. The van der Waals surface area contributed by atoms with Crippen molar-refractivity contribution in [1.29, 1.82) is 0 Å². The van der Waals surface area contributed by atoms with Crippen LogP contribution in [0.25, 0.3) is 0 Å². The zero-order chi connectivity index (χ0) is 15.9. The molecule has 2 amide bonds. The summed E-state index contributed by atoms with van der Waals surface area (Å²) in [6.07, 6.45) is 0.884. The van der Waals surface area contributed by atoms with Crippen molar-refractivity contribution in [2.75, 3.05) is 32.7 Å². The molecule has 5 heteroatoms. The first kappa shape index (κ1) is 16.5. The number of rotatable bonds is 6. The van der Waals surface area contributed by atoms with Crippen molar-refractivity contribution in [2.45, 2.75) is 26.4 Å². The Morgan fingerprint density at radius 3 is 2.36 bits per heavy atom. The van der Waals surface area contributed by atoms with E-state index in [1.807, 2.05) is 49.1 Å². The highest BCUT2D eigenvalue weighted by Gasteiger charge is 2.22. The van der Waals surface area contributed by atoms with Gasteiger partial charge in [0, 0.05) is 38.8 Å². The minimum Gasteiger partial charge on any atom is -0.343 e. The lowest BCUT2D eigenvalue weighted by Crippen LogP contribution is -2.50. The van der Waals surface area contributed by atoms with Gasteiger partial charge in [0.2, 0.25) is 12.3 Å². The molecule has 0 saturated carbocycles. The Morgan fingerprint density at radius 1 is 1.18 bits per heavy atom. The highest BCUT2D eigenvalue weighted by atomic mass is 16.2. The third-order valence-electron chi connectivity index (χ3n) is 4.05. The summed E-state index contributed by atoms with van der Waals surface area (Å²) in [6, 6.07) is 10.2. The van der Waals surface area contributed by atoms with Crippen LogP contribution in [0.1, 0.15) is 19.4 Å². The Labute approximate surface area is 132 Å². The van der Waals surface area contributed by atoms with Crippen molar-refractivity contribution in [3.63, 3.8) is 0 Å². The number of carbonyl (C=O) groups is 2.